The lowest BCUT2D eigenvalue weighted by molar-refractivity contribution is -0.165. The standard InChI is InChI=1S/C15H26O6/c1-5-9-11(10-12(16)19-6-2)13(14(17)20-7-3)15(18)21-8-4/h11,13H,5-10H2,1-4H3/t11-/m1/s1. The Labute approximate surface area is 126 Å². The second kappa shape index (κ2) is 11.1. The summed E-state index contributed by atoms with van der Waals surface area (Å²) in [5, 5.41) is 0. The first-order chi connectivity index (χ1) is 10.0. The maximum absolute atomic E-state index is 12.0. The molecule has 0 aromatic carbocycles. The summed E-state index contributed by atoms with van der Waals surface area (Å²) >= 11 is 0. The van der Waals surface area contributed by atoms with E-state index in [1.165, 1.54) is 0 Å². The molecule has 0 saturated carbocycles. The van der Waals surface area contributed by atoms with Gasteiger partial charge in [0.25, 0.3) is 0 Å². The van der Waals surface area contributed by atoms with Gasteiger partial charge in [-0.25, -0.2) is 0 Å². The number of carbonyl (C=O) groups is 3. The summed E-state index contributed by atoms with van der Waals surface area (Å²) in [4.78, 5) is 35.7. The summed E-state index contributed by atoms with van der Waals surface area (Å²) < 4.78 is 14.8. The molecule has 0 rings (SSSR count). The van der Waals surface area contributed by atoms with Crippen LogP contribution in [-0.2, 0) is 28.6 Å². The third-order valence-electron chi connectivity index (χ3n) is 2.95. The molecule has 0 aromatic rings. The second-order valence-electron chi connectivity index (χ2n) is 4.54. The van der Waals surface area contributed by atoms with Crippen LogP contribution in [0, 0.1) is 11.8 Å². The fourth-order valence-corrected chi connectivity index (χ4v) is 2.14. The van der Waals surface area contributed by atoms with E-state index in [1.807, 2.05) is 6.92 Å². The fraction of sp³-hybridized carbons (Fsp3) is 0.800. The molecule has 0 aliphatic heterocycles. The van der Waals surface area contributed by atoms with E-state index < -0.39 is 29.7 Å². The van der Waals surface area contributed by atoms with Crippen molar-refractivity contribution >= 4 is 17.9 Å². The van der Waals surface area contributed by atoms with E-state index in [1.54, 1.807) is 20.8 Å². The highest BCUT2D eigenvalue weighted by atomic mass is 16.6. The van der Waals surface area contributed by atoms with E-state index in [2.05, 4.69) is 0 Å². The first kappa shape index (κ1) is 19.4. The van der Waals surface area contributed by atoms with Crippen molar-refractivity contribution in [2.45, 2.75) is 47.0 Å². The highest BCUT2D eigenvalue weighted by Crippen LogP contribution is 2.25. The van der Waals surface area contributed by atoms with Crippen LogP contribution in [0.1, 0.15) is 47.0 Å². The summed E-state index contributed by atoms with van der Waals surface area (Å²) in [5.41, 5.74) is 0. The molecular weight excluding hydrogens is 276 g/mol. The van der Waals surface area contributed by atoms with E-state index in [0.29, 0.717) is 6.42 Å². The van der Waals surface area contributed by atoms with E-state index >= 15 is 0 Å². The zero-order chi connectivity index (χ0) is 16.3. The van der Waals surface area contributed by atoms with Crippen molar-refractivity contribution in [3.05, 3.63) is 0 Å². The minimum Gasteiger partial charge on any atom is -0.466 e. The first-order valence-electron chi connectivity index (χ1n) is 7.50. The fourth-order valence-electron chi connectivity index (χ4n) is 2.14. The molecule has 0 N–H and O–H groups in total. The van der Waals surface area contributed by atoms with Gasteiger partial charge in [-0.3, -0.25) is 14.4 Å². The Morgan fingerprint density at radius 2 is 1.29 bits per heavy atom. The van der Waals surface area contributed by atoms with Crippen LogP contribution in [0.5, 0.6) is 0 Å². The Morgan fingerprint density at radius 3 is 1.67 bits per heavy atom. The molecule has 1 atom stereocenters. The monoisotopic (exact) mass is 302 g/mol. The molecule has 0 aliphatic rings. The van der Waals surface area contributed by atoms with Gasteiger partial charge < -0.3 is 14.2 Å². The van der Waals surface area contributed by atoms with Crippen molar-refractivity contribution in [3.63, 3.8) is 0 Å². The Hall–Kier alpha value is -1.59. The summed E-state index contributed by atoms with van der Waals surface area (Å²) in [6, 6.07) is 0. The second-order valence-corrected chi connectivity index (χ2v) is 4.54. The Morgan fingerprint density at radius 1 is 0.810 bits per heavy atom. The van der Waals surface area contributed by atoms with Crippen molar-refractivity contribution < 1.29 is 28.6 Å². The van der Waals surface area contributed by atoms with Crippen LogP contribution in [0.25, 0.3) is 0 Å². The van der Waals surface area contributed by atoms with E-state index in [4.69, 9.17) is 14.2 Å². The van der Waals surface area contributed by atoms with Gasteiger partial charge in [-0.05, 0) is 33.1 Å². The molecule has 6 heteroatoms. The minimum atomic E-state index is -1.07. The Kier molecular flexibility index (Phi) is 10.3. The highest BCUT2D eigenvalue weighted by molar-refractivity contribution is 5.95. The minimum absolute atomic E-state index is 0.00394. The van der Waals surface area contributed by atoms with Gasteiger partial charge in [0.15, 0.2) is 5.92 Å². The molecule has 0 radical (unpaired) electrons. The largest absolute Gasteiger partial charge is 0.466 e. The molecule has 0 bridgehead atoms. The molecule has 0 spiro atoms. The SMILES string of the molecule is CCC[C@H](CC(=O)OCC)C(C(=O)OCC)C(=O)OCC. The molecule has 0 heterocycles. The van der Waals surface area contributed by atoms with Gasteiger partial charge in [0.05, 0.1) is 19.8 Å². The van der Waals surface area contributed by atoms with Crippen molar-refractivity contribution in [3.8, 4) is 0 Å². The van der Waals surface area contributed by atoms with Crippen LogP contribution in [0.4, 0.5) is 0 Å². The molecule has 122 valence electrons. The molecular formula is C15H26O6. The van der Waals surface area contributed by atoms with Crippen LogP contribution in [0.15, 0.2) is 0 Å². The average molecular weight is 302 g/mol. The maximum atomic E-state index is 12.0. The molecule has 0 aliphatic carbocycles. The predicted molar refractivity (Wildman–Crippen MR) is 76.4 cm³/mol. The molecule has 21 heavy (non-hydrogen) atoms. The number of hydrogen-bond donors (Lipinski definition) is 0. The summed E-state index contributed by atoms with van der Waals surface area (Å²) in [7, 11) is 0. The van der Waals surface area contributed by atoms with Gasteiger partial charge in [-0.15, -0.1) is 0 Å². The van der Waals surface area contributed by atoms with Crippen LogP contribution in [0.3, 0.4) is 0 Å². The van der Waals surface area contributed by atoms with Gasteiger partial charge in [0, 0.05) is 6.42 Å². The average Bonchev–Trinajstić information content (AvgIpc) is 2.40. The van der Waals surface area contributed by atoms with E-state index in [0.717, 1.165) is 6.42 Å². The van der Waals surface area contributed by atoms with Crippen molar-refractivity contribution in [1.82, 2.24) is 0 Å². The van der Waals surface area contributed by atoms with Crippen LogP contribution in [0.2, 0.25) is 0 Å². The molecule has 0 fully saturated rings. The summed E-state index contributed by atoms with van der Waals surface area (Å²) in [5.74, 6) is -3.24. The number of hydrogen-bond acceptors (Lipinski definition) is 6. The third-order valence-corrected chi connectivity index (χ3v) is 2.95. The lowest BCUT2D eigenvalue weighted by Gasteiger charge is -2.23. The van der Waals surface area contributed by atoms with Crippen molar-refractivity contribution in [1.29, 1.82) is 0 Å². The number of ether oxygens (including phenoxy) is 3. The Balaban J connectivity index is 5.11. The van der Waals surface area contributed by atoms with Gasteiger partial charge in [0.2, 0.25) is 0 Å². The zero-order valence-electron chi connectivity index (χ0n) is 13.3. The number of esters is 3. The third kappa shape index (κ3) is 7.11. The van der Waals surface area contributed by atoms with Crippen LogP contribution < -0.4 is 0 Å². The van der Waals surface area contributed by atoms with E-state index in [-0.39, 0.29) is 26.2 Å². The molecule has 0 amide bonds. The topological polar surface area (TPSA) is 78.9 Å². The summed E-state index contributed by atoms with van der Waals surface area (Å²) in [6.07, 6.45) is 1.28. The van der Waals surface area contributed by atoms with Crippen molar-refractivity contribution in [2.24, 2.45) is 11.8 Å². The number of carbonyl (C=O) groups excluding carboxylic acids is 3. The normalized spacial score (nSPS) is 11.9. The van der Waals surface area contributed by atoms with Gasteiger partial charge in [0.1, 0.15) is 0 Å². The lowest BCUT2D eigenvalue weighted by atomic mass is 9.85. The zero-order valence-corrected chi connectivity index (χ0v) is 13.3. The first-order valence-corrected chi connectivity index (χ1v) is 7.50. The molecule has 0 aromatic heterocycles. The smallest absolute Gasteiger partial charge is 0.320 e. The highest BCUT2D eigenvalue weighted by Gasteiger charge is 2.38. The van der Waals surface area contributed by atoms with E-state index in [9.17, 15) is 14.4 Å². The molecule has 0 saturated heterocycles. The summed E-state index contributed by atoms with van der Waals surface area (Å²) in [6.45, 7) is 7.58. The molecule has 6 nitrogen and oxygen atoms in total. The predicted octanol–water partition coefficient (Wildman–Crippen LogP) is 2.10. The van der Waals surface area contributed by atoms with Gasteiger partial charge in [-0.2, -0.15) is 0 Å². The Bertz CT molecular complexity index is 321. The van der Waals surface area contributed by atoms with Crippen molar-refractivity contribution in [2.75, 3.05) is 19.8 Å². The lowest BCUT2D eigenvalue weighted by Crippen LogP contribution is -2.36. The maximum Gasteiger partial charge on any atom is 0.320 e. The molecule has 0 unspecified atom stereocenters. The van der Waals surface area contributed by atoms with Gasteiger partial charge >= 0.3 is 17.9 Å². The van der Waals surface area contributed by atoms with Crippen LogP contribution >= 0.6 is 0 Å². The number of rotatable bonds is 10. The van der Waals surface area contributed by atoms with Gasteiger partial charge in [-0.1, -0.05) is 13.3 Å². The quantitative estimate of drug-likeness (QED) is 0.349. The van der Waals surface area contributed by atoms with Crippen LogP contribution in [-0.4, -0.2) is 37.7 Å².